The van der Waals surface area contributed by atoms with Gasteiger partial charge in [0.05, 0.1) is 12.6 Å². The average molecular weight is 363 g/mol. The Morgan fingerprint density at radius 3 is 2.80 bits per heavy atom. The summed E-state index contributed by atoms with van der Waals surface area (Å²) in [4.78, 5) is 12.8. The quantitative estimate of drug-likeness (QED) is 0.769. The van der Waals surface area contributed by atoms with E-state index in [1.165, 1.54) is 23.9 Å². The molecule has 3 rings (SSSR count). The molecule has 0 saturated carbocycles. The van der Waals surface area contributed by atoms with E-state index in [9.17, 15) is 13.6 Å². The largest absolute Gasteiger partial charge is 0.491 e. The number of hydrogen-bond donors (Lipinski definition) is 1. The van der Waals surface area contributed by atoms with Crippen molar-refractivity contribution in [3.63, 3.8) is 0 Å². The minimum atomic E-state index is -0.412. The lowest BCUT2D eigenvalue weighted by Crippen LogP contribution is -2.31. The van der Waals surface area contributed by atoms with Gasteiger partial charge in [0, 0.05) is 17.1 Å². The van der Waals surface area contributed by atoms with E-state index >= 15 is 0 Å². The molecular weight excluding hydrogens is 344 g/mol. The number of carbonyl (C=O) groups is 1. The number of para-hydroxylation sites is 1. The van der Waals surface area contributed by atoms with E-state index in [2.05, 4.69) is 5.32 Å². The highest BCUT2D eigenvalue weighted by Gasteiger charge is 2.24. The van der Waals surface area contributed by atoms with E-state index in [0.29, 0.717) is 11.3 Å². The molecule has 0 bridgehead atoms. The Labute approximate surface area is 149 Å². The van der Waals surface area contributed by atoms with Crippen LogP contribution >= 0.6 is 11.8 Å². The van der Waals surface area contributed by atoms with Gasteiger partial charge in [-0.3, -0.25) is 4.79 Å². The van der Waals surface area contributed by atoms with Crippen LogP contribution in [0.1, 0.15) is 30.9 Å². The third-order valence-corrected chi connectivity index (χ3v) is 5.16. The first-order valence-corrected chi connectivity index (χ1v) is 9.21. The van der Waals surface area contributed by atoms with Gasteiger partial charge in [-0.05, 0) is 36.6 Å². The molecular formula is C19H19F2NO2S. The lowest BCUT2D eigenvalue weighted by Gasteiger charge is -2.26. The highest BCUT2D eigenvalue weighted by Crippen LogP contribution is 2.37. The van der Waals surface area contributed by atoms with Crippen molar-refractivity contribution in [2.24, 2.45) is 0 Å². The molecule has 1 atom stereocenters. The fourth-order valence-corrected chi connectivity index (χ4v) is 3.92. The minimum absolute atomic E-state index is 0.107. The van der Waals surface area contributed by atoms with Crippen LogP contribution in [0.3, 0.4) is 0 Å². The number of carbonyl (C=O) groups excluding carboxylic acids is 1. The summed E-state index contributed by atoms with van der Waals surface area (Å²) in [6.07, 6.45) is 1.54. The zero-order valence-corrected chi connectivity index (χ0v) is 14.5. The number of halogens is 2. The summed E-state index contributed by atoms with van der Waals surface area (Å²) in [5, 5.41) is 2.96. The fourth-order valence-electron chi connectivity index (χ4n) is 2.78. The first-order valence-electron chi connectivity index (χ1n) is 8.23. The van der Waals surface area contributed by atoms with Crippen molar-refractivity contribution in [3.05, 3.63) is 59.7 Å². The molecule has 0 aromatic heterocycles. The van der Waals surface area contributed by atoms with Crippen LogP contribution in [0.25, 0.3) is 0 Å². The summed E-state index contributed by atoms with van der Waals surface area (Å²) in [5.74, 6) is 0.209. The maximum Gasteiger partial charge on any atom is 0.220 e. The van der Waals surface area contributed by atoms with Crippen LogP contribution in [-0.2, 0) is 4.79 Å². The molecule has 0 fully saturated rings. The summed E-state index contributed by atoms with van der Waals surface area (Å²) >= 11 is 1.48. The van der Waals surface area contributed by atoms with Crippen LogP contribution in [0.15, 0.2) is 47.4 Å². The predicted molar refractivity (Wildman–Crippen MR) is 93.8 cm³/mol. The molecule has 1 amide bonds. The van der Waals surface area contributed by atoms with Gasteiger partial charge < -0.3 is 10.1 Å². The predicted octanol–water partition coefficient (Wildman–Crippen LogP) is 4.48. The van der Waals surface area contributed by atoms with Gasteiger partial charge in [0.1, 0.15) is 5.82 Å². The molecule has 0 saturated heterocycles. The molecule has 25 heavy (non-hydrogen) atoms. The maximum absolute atomic E-state index is 13.8. The van der Waals surface area contributed by atoms with E-state index in [0.717, 1.165) is 17.7 Å². The van der Waals surface area contributed by atoms with Gasteiger partial charge in [0.15, 0.2) is 11.6 Å². The van der Waals surface area contributed by atoms with E-state index in [1.54, 1.807) is 24.3 Å². The molecule has 132 valence electrons. The number of fused-ring (bicyclic) bond motifs is 1. The van der Waals surface area contributed by atoms with Crippen LogP contribution < -0.4 is 10.1 Å². The molecule has 0 radical (unpaired) electrons. The van der Waals surface area contributed by atoms with E-state index < -0.39 is 5.82 Å². The lowest BCUT2D eigenvalue weighted by atomic mass is 10.0. The van der Waals surface area contributed by atoms with Crippen LogP contribution in [0.4, 0.5) is 8.78 Å². The highest BCUT2D eigenvalue weighted by atomic mass is 32.2. The van der Waals surface area contributed by atoms with Crippen LogP contribution in [0, 0.1) is 11.6 Å². The number of rotatable bonds is 6. The summed E-state index contributed by atoms with van der Waals surface area (Å²) in [6, 6.07) is 11.0. The number of amides is 1. The van der Waals surface area contributed by atoms with Crippen molar-refractivity contribution in [1.29, 1.82) is 0 Å². The molecule has 1 aliphatic rings. The van der Waals surface area contributed by atoms with Crippen molar-refractivity contribution in [1.82, 2.24) is 5.32 Å². The number of thioether (sulfide) groups is 1. The standard InChI is InChI=1S/C19H19F2NO2S/c20-14-6-1-2-8-17(14)24-11-4-9-18(23)22-16-10-12-25-19-13(16)5-3-7-15(19)21/h1-3,5-8,16H,4,9-12H2,(H,22,23). The monoisotopic (exact) mass is 363 g/mol. The summed E-state index contributed by atoms with van der Waals surface area (Å²) in [5.41, 5.74) is 0.840. The lowest BCUT2D eigenvalue weighted by molar-refractivity contribution is -0.122. The van der Waals surface area contributed by atoms with Gasteiger partial charge in [0.2, 0.25) is 5.91 Å². The average Bonchev–Trinajstić information content (AvgIpc) is 2.61. The maximum atomic E-state index is 13.8. The molecule has 0 aliphatic carbocycles. The molecule has 1 N–H and O–H groups in total. The van der Waals surface area contributed by atoms with Crippen molar-refractivity contribution >= 4 is 17.7 Å². The second-order valence-corrected chi connectivity index (χ2v) is 6.90. The first kappa shape index (κ1) is 17.7. The normalized spacial score (nSPS) is 16.2. The first-order chi connectivity index (χ1) is 12.1. The Morgan fingerprint density at radius 2 is 1.96 bits per heavy atom. The Hall–Kier alpha value is -2.08. The number of benzene rings is 2. The summed E-state index contributed by atoms with van der Waals surface area (Å²) in [6.45, 7) is 0.264. The zero-order chi connectivity index (χ0) is 17.6. The molecule has 1 heterocycles. The van der Waals surface area contributed by atoms with E-state index in [1.807, 2.05) is 6.07 Å². The zero-order valence-electron chi connectivity index (χ0n) is 13.6. The fraction of sp³-hybridized carbons (Fsp3) is 0.316. The Kier molecular flexibility index (Phi) is 5.91. The van der Waals surface area contributed by atoms with Gasteiger partial charge >= 0.3 is 0 Å². The topological polar surface area (TPSA) is 38.3 Å². The number of hydrogen-bond acceptors (Lipinski definition) is 3. The molecule has 3 nitrogen and oxygen atoms in total. The van der Waals surface area contributed by atoms with Crippen molar-refractivity contribution in [2.45, 2.75) is 30.2 Å². The summed E-state index contributed by atoms with van der Waals surface area (Å²) in [7, 11) is 0. The Balaban J connectivity index is 1.48. The number of nitrogens with one attached hydrogen (secondary N) is 1. The highest BCUT2D eigenvalue weighted by molar-refractivity contribution is 7.99. The SMILES string of the molecule is O=C(CCCOc1ccccc1F)NC1CCSc2c(F)cccc21. The van der Waals surface area contributed by atoms with Crippen LogP contribution in [-0.4, -0.2) is 18.3 Å². The van der Waals surface area contributed by atoms with Gasteiger partial charge in [0.25, 0.3) is 0 Å². The smallest absolute Gasteiger partial charge is 0.220 e. The molecule has 2 aromatic carbocycles. The van der Waals surface area contributed by atoms with Gasteiger partial charge in [-0.15, -0.1) is 11.8 Å². The van der Waals surface area contributed by atoms with Gasteiger partial charge in [-0.1, -0.05) is 24.3 Å². The Bertz CT molecular complexity index is 754. The third-order valence-electron chi connectivity index (χ3n) is 4.00. The van der Waals surface area contributed by atoms with E-state index in [-0.39, 0.29) is 36.5 Å². The minimum Gasteiger partial charge on any atom is -0.491 e. The molecule has 1 aliphatic heterocycles. The Morgan fingerprint density at radius 1 is 1.16 bits per heavy atom. The van der Waals surface area contributed by atoms with Crippen molar-refractivity contribution < 1.29 is 18.3 Å². The molecule has 2 aromatic rings. The molecule has 1 unspecified atom stereocenters. The molecule has 6 heteroatoms. The third kappa shape index (κ3) is 4.51. The van der Waals surface area contributed by atoms with Crippen LogP contribution in [0.5, 0.6) is 5.75 Å². The van der Waals surface area contributed by atoms with Gasteiger partial charge in [-0.2, -0.15) is 0 Å². The van der Waals surface area contributed by atoms with Crippen LogP contribution in [0.2, 0.25) is 0 Å². The van der Waals surface area contributed by atoms with Crippen molar-refractivity contribution in [2.75, 3.05) is 12.4 Å². The molecule has 0 spiro atoms. The van der Waals surface area contributed by atoms with Crippen molar-refractivity contribution in [3.8, 4) is 5.75 Å². The summed E-state index contributed by atoms with van der Waals surface area (Å²) < 4.78 is 32.6. The second kappa shape index (κ2) is 8.34. The number of ether oxygens (including phenoxy) is 1. The van der Waals surface area contributed by atoms with Gasteiger partial charge in [-0.25, -0.2) is 8.78 Å². The van der Waals surface area contributed by atoms with E-state index in [4.69, 9.17) is 4.74 Å². The second-order valence-electron chi connectivity index (χ2n) is 5.80.